The van der Waals surface area contributed by atoms with Gasteiger partial charge in [-0.3, -0.25) is 0 Å². The molecule has 0 amide bonds. The molecule has 4 N–H and O–H groups in total. The van der Waals surface area contributed by atoms with Crippen LogP contribution in [0, 0.1) is 6.92 Å². The molecule has 1 heterocycles. The number of likely N-dealkylation sites (N-methyl/N-ethyl adjacent to an activating group) is 1. The maximum atomic E-state index is 9.41. The van der Waals surface area contributed by atoms with Crippen molar-refractivity contribution in [2.45, 2.75) is 45.6 Å². The zero-order chi connectivity index (χ0) is 22.8. The number of hydrogen-bond donors (Lipinski definition) is 3. The number of hydrogen-bond acceptors (Lipinski definition) is 8. The first-order chi connectivity index (χ1) is 14.9. The molecule has 2 rings (SSSR count). The van der Waals surface area contributed by atoms with Gasteiger partial charge in [-0.1, -0.05) is 19.4 Å². The quantitative estimate of drug-likeness (QED) is 0.445. The molecular formula is C23H37N5O3. The number of aliphatic hydroxyl groups excluding tert-OH is 1. The van der Waals surface area contributed by atoms with Gasteiger partial charge >= 0.3 is 0 Å². The van der Waals surface area contributed by atoms with Crippen LogP contribution in [-0.4, -0.2) is 67.0 Å². The van der Waals surface area contributed by atoms with Crippen LogP contribution in [0.15, 0.2) is 18.2 Å². The SMILES string of the molecule is CCC[C@@H](CCO)Nc1nc(N)nc(C)c1Cc1ccc(OCCN(C)C)cc1OC. The van der Waals surface area contributed by atoms with E-state index in [-0.39, 0.29) is 18.6 Å². The molecule has 0 aliphatic rings. The van der Waals surface area contributed by atoms with Crippen molar-refractivity contribution in [3.63, 3.8) is 0 Å². The molecule has 0 saturated heterocycles. The Bertz CT molecular complexity index is 823. The highest BCUT2D eigenvalue weighted by molar-refractivity contribution is 5.54. The lowest BCUT2D eigenvalue weighted by Crippen LogP contribution is -2.23. The zero-order valence-electron chi connectivity index (χ0n) is 19.4. The van der Waals surface area contributed by atoms with Crippen molar-refractivity contribution in [2.24, 2.45) is 0 Å². The highest BCUT2D eigenvalue weighted by Gasteiger charge is 2.17. The average Bonchev–Trinajstić information content (AvgIpc) is 2.71. The summed E-state index contributed by atoms with van der Waals surface area (Å²) in [4.78, 5) is 10.9. The molecule has 0 aliphatic heterocycles. The van der Waals surface area contributed by atoms with Crippen LogP contribution in [0.4, 0.5) is 11.8 Å². The molecule has 1 aromatic carbocycles. The number of anilines is 2. The third-order valence-electron chi connectivity index (χ3n) is 5.12. The fourth-order valence-electron chi connectivity index (χ4n) is 3.43. The van der Waals surface area contributed by atoms with Gasteiger partial charge in [0, 0.05) is 42.9 Å². The van der Waals surface area contributed by atoms with Crippen molar-refractivity contribution in [3.8, 4) is 11.5 Å². The van der Waals surface area contributed by atoms with E-state index in [1.165, 1.54) is 0 Å². The Labute approximate surface area is 185 Å². The highest BCUT2D eigenvalue weighted by Crippen LogP contribution is 2.30. The van der Waals surface area contributed by atoms with Crippen LogP contribution >= 0.6 is 0 Å². The molecule has 0 radical (unpaired) electrons. The number of aliphatic hydroxyl groups is 1. The first-order valence-corrected chi connectivity index (χ1v) is 10.8. The van der Waals surface area contributed by atoms with Crippen molar-refractivity contribution < 1.29 is 14.6 Å². The first kappa shape index (κ1) is 24.7. The second kappa shape index (κ2) is 12.3. The fraction of sp³-hybridized carbons (Fsp3) is 0.565. The number of rotatable bonds is 13. The van der Waals surface area contributed by atoms with Crippen molar-refractivity contribution >= 4 is 11.8 Å². The number of nitrogen functional groups attached to an aromatic ring is 1. The van der Waals surface area contributed by atoms with Gasteiger partial charge in [-0.25, -0.2) is 4.98 Å². The van der Waals surface area contributed by atoms with Crippen LogP contribution in [0.2, 0.25) is 0 Å². The van der Waals surface area contributed by atoms with Crippen LogP contribution < -0.4 is 20.5 Å². The highest BCUT2D eigenvalue weighted by atomic mass is 16.5. The summed E-state index contributed by atoms with van der Waals surface area (Å²) >= 11 is 0. The molecule has 172 valence electrons. The molecule has 2 aromatic rings. The molecule has 0 aliphatic carbocycles. The van der Waals surface area contributed by atoms with Crippen molar-refractivity contribution in [1.82, 2.24) is 14.9 Å². The third-order valence-corrected chi connectivity index (χ3v) is 5.12. The molecule has 0 spiro atoms. The van der Waals surface area contributed by atoms with Crippen LogP contribution in [0.5, 0.6) is 11.5 Å². The van der Waals surface area contributed by atoms with Gasteiger partial charge in [0.1, 0.15) is 23.9 Å². The van der Waals surface area contributed by atoms with Crippen LogP contribution in [-0.2, 0) is 6.42 Å². The van der Waals surface area contributed by atoms with E-state index in [0.717, 1.165) is 47.7 Å². The van der Waals surface area contributed by atoms with Crippen LogP contribution in [0.1, 0.15) is 43.0 Å². The van der Waals surface area contributed by atoms with Gasteiger partial charge in [0.2, 0.25) is 5.95 Å². The van der Waals surface area contributed by atoms with E-state index in [1.54, 1.807) is 7.11 Å². The van der Waals surface area contributed by atoms with E-state index < -0.39 is 0 Å². The van der Waals surface area contributed by atoms with Gasteiger partial charge in [0.05, 0.1) is 7.11 Å². The Morgan fingerprint density at radius 2 is 2.00 bits per heavy atom. The van der Waals surface area contributed by atoms with Crippen LogP contribution in [0.3, 0.4) is 0 Å². The standard InChI is InChI=1S/C23H37N5O3/c1-6-7-18(10-12-29)26-22-20(16(2)25-23(24)27-22)14-17-8-9-19(15-21(17)30-5)31-13-11-28(3)4/h8-9,15,18,29H,6-7,10-14H2,1-5H3,(H3,24,25,26,27)/t18-/m0/s1. The molecule has 0 unspecified atom stereocenters. The minimum Gasteiger partial charge on any atom is -0.496 e. The molecule has 8 nitrogen and oxygen atoms in total. The van der Waals surface area contributed by atoms with Crippen molar-refractivity contribution in [3.05, 3.63) is 35.0 Å². The number of nitrogens with zero attached hydrogens (tertiary/aromatic N) is 3. The van der Waals surface area contributed by atoms with E-state index >= 15 is 0 Å². The number of aryl methyl sites for hydroxylation is 1. The largest absolute Gasteiger partial charge is 0.496 e. The van der Waals surface area contributed by atoms with E-state index in [4.69, 9.17) is 15.2 Å². The summed E-state index contributed by atoms with van der Waals surface area (Å²) in [6.45, 7) is 5.63. The third kappa shape index (κ3) is 7.56. The fourth-order valence-corrected chi connectivity index (χ4v) is 3.43. The van der Waals surface area contributed by atoms with Gasteiger partial charge in [0.15, 0.2) is 0 Å². The minimum atomic E-state index is 0.121. The lowest BCUT2D eigenvalue weighted by atomic mass is 10.0. The van der Waals surface area contributed by atoms with Gasteiger partial charge in [0.25, 0.3) is 0 Å². The number of methoxy groups -OCH3 is 1. The molecule has 1 aromatic heterocycles. The first-order valence-electron chi connectivity index (χ1n) is 10.8. The summed E-state index contributed by atoms with van der Waals surface area (Å²) < 4.78 is 11.5. The van der Waals surface area contributed by atoms with E-state index in [1.807, 2.05) is 39.2 Å². The number of aromatic nitrogens is 2. The lowest BCUT2D eigenvalue weighted by Gasteiger charge is -2.21. The summed E-state index contributed by atoms with van der Waals surface area (Å²) in [6.07, 6.45) is 3.19. The predicted molar refractivity (Wildman–Crippen MR) is 125 cm³/mol. The molecule has 8 heteroatoms. The van der Waals surface area contributed by atoms with E-state index in [9.17, 15) is 5.11 Å². The molecular weight excluding hydrogens is 394 g/mol. The number of ether oxygens (including phenoxy) is 2. The summed E-state index contributed by atoms with van der Waals surface area (Å²) in [5.41, 5.74) is 8.73. The lowest BCUT2D eigenvalue weighted by molar-refractivity contribution is 0.260. The van der Waals surface area contributed by atoms with E-state index in [2.05, 4.69) is 27.1 Å². The van der Waals surface area contributed by atoms with Crippen molar-refractivity contribution in [2.75, 3.05) is 52.0 Å². The van der Waals surface area contributed by atoms with Crippen LogP contribution in [0.25, 0.3) is 0 Å². The maximum Gasteiger partial charge on any atom is 0.222 e. The Balaban J connectivity index is 2.28. The van der Waals surface area contributed by atoms with E-state index in [0.29, 0.717) is 25.3 Å². The number of nitrogens with two attached hydrogens (primary N) is 1. The Morgan fingerprint density at radius 3 is 2.65 bits per heavy atom. The normalized spacial score (nSPS) is 12.1. The molecule has 0 fully saturated rings. The average molecular weight is 432 g/mol. The summed E-state index contributed by atoms with van der Waals surface area (Å²) in [5.74, 6) is 2.48. The topological polar surface area (TPSA) is 106 Å². The molecule has 1 atom stereocenters. The molecule has 0 bridgehead atoms. The number of nitrogens with one attached hydrogen (secondary N) is 1. The van der Waals surface area contributed by atoms with Gasteiger partial charge in [-0.2, -0.15) is 4.98 Å². The monoisotopic (exact) mass is 431 g/mol. The summed E-state index contributed by atoms with van der Waals surface area (Å²) in [7, 11) is 5.69. The Morgan fingerprint density at radius 1 is 1.23 bits per heavy atom. The second-order valence-electron chi connectivity index (χ2n) is 7.94. The molecule has 31 heavy (non-hydrogen) atoms. The predicted octanol–water partition coefficient (Wildman–Crippen LogP) is 2.87. The smallest absolute Gasteiger partial charge is 0.222 e. The Hall–Kier alpha value is -2.58. The van der Waals surface area contributed by atoms with Gasteiger partial charge < -0.3 is 30.5 Å². The summed E-state index contributed by atoms with van der Waals surface area (Å²) in [6, 6.07) is 6.01. The van der Waals surface area contributed by atoms with Gasteiger partial charge in [-0.05, 0) is 45.5 Å². The molecule has 0 saturated carbocycles. The van der Waals surface area contributed by atoms with Crippen molar-refractivity contribution in [1.29, 1.82) is 0 Å². The maximum absolute atomic E-state index is 9.41. The Kier molecular flexibility index (Phi) is 9.81. The minimum absolute atomic E-state index is 0.121. The van der Waals surface area contributed by atoms with Gasteiger partial charge in [-0.15, -0.1) is 0 Å². The summed E-state index contributed by atoms with van der Waals surface area (Å²) in [5, 5.41) is 12.9. The second-order valence-corrected chi connectivity index (χ2v) is 7.94. The zero-order valence-corrected chi connectivity index (χ0v) is 19.4. The number of benzene rings is 1.